The van der Waals surface area contributed by atoms with Crippen molar-refractivity contribution in [2.75, 3.05) is 13.1 Å². The standard InChI is InChI=1S/C14H20FN3O4S/c1-9-11(15)6-10(7-12(9)18(19)20)23(21,22)17-5-4-13(16)14(2,3)8-17/h6-7,13H,4-5,8,16H2,1-3H3. The highest BCUT2D eigenvalue weighted by Gasteiger charge is 2.39. The summed E-state index contributed by atoms with van der Waals surface area (Å²) < 4.78 is 40.5. The zero-order valence-corrected chi connectivity index (χ0v) is 14.1. The predicted octanol–water partition coefficient (Wildman–Crippen LogP) is 1.79. The average molecular weight is 345 g/mol. The third kappa shape index (κ3) is 3.22. The fourth-order valence-electron chi connectivity index (χ4n) is 2.66. The molecule has 1 aromatic rings. The number of nitro groups is 1. The van der Waals surface area contributed by atoms with Crippen LogP contribution in [0.5, 0.6) is 0 Å². The molecule has 0 bridgehead atoms. The summed E-state index contributed by atoms with van der Waals surface area (Å²) in [6.07, 6.45) is 0.475. The normalized spacial score (nSPS) is 22.0. The van der Waals surface area contributed by atoms with Crippen LogP contribution in [0, 0.1) is 28.3 Å². The molecule has 1 aliphatic heterocycles. The Kier molecular flexibility index (Phi) is 4.49. The zero-order chi connectivity index (χ0) is 17.6. The molecule has 1 heterocycles. The third-order valence-corrected chi connectivity index (χ3v) is 6.22. The summed E-state index contributed by atoms with van der Waals surface area (Å²) in [6, 6.07) is 1.60. The van der Waals surface area contributed by atoms with E-state index in [9.17, 15) is 22.9 Å². The fraction of sp³-hybridized carbons (Fsp3) is 0.571. The highest BCUT2D eigenvalue weighted by molar-refractivity contribution is 7.89. The fourth-order valence-corrected chi connectivity index (χ4v) is 4.32. The number of halogens is 1. The van der Waals surface area contributed by atoms with Crippen molar-refractivity contribution in [1.82, 2.24) is 4.31 Å². The number of nitro benzene ring substituents is 1. The molecule has 0 radical (unpaired) electrons. The van der Waals surface area contributed by atoms with E-state index in [1.807, 2.05) is 13.8 Å². The van der Waals surface area contributed by atoms with Crippen molar-refractivity contribution in [2.24, 2.45) is 11.1 Å². The average Bonchev–Trinajstić information content (AvgIpc) is 2.43. The molecule has 2 rings (SSSR count). The van der Waals surface area contributed by atoms with E-state index < -0.39 is 36.8 Å². The topological polar surface area (TPSA) is 107 Å². The molecule has 0 aliphatic carbocycles. The molecule has 0 amide bonds. The summed E-state index contributed by atoms with van der Waals surface area (Å²) in [4.78, 5) is 9.80. The Morgan fingerprint density at radius 2 is 2.04 bits per heavy atom. The lowest BCUT2D eigenvalue weighted by Gasteiger charge is -2.41. The molecule has 1 unspecified atom stereocenters. The van der Waals surface area contributed by atoms with Crippen LogP contribution in [0.4, 0.5) is 10.1 Å². The Morgan fingerprint density at radius 3 is 2.57 bits per heavy atom. The number of hydrogen-bond acceptors (Lipinski definition) is 5. The lowest BCUT2D eigenvalue weighted by molar-refractivity contribution is -0.385. The van der Waals surface area contributed by atoms with Gasteiger partial charge in [0.05, 0.1) is 15.4 Å². The Bertz CT molecular complexity index is 749. The van der Waals surface area contributed by atoms with Crippen molar-refractivity contribution < 1.29 is 17.7 Å². The molecule has 0 spiro atoms. The summed E-state index contributed by atoms with van der Waals surface area (Å²) in [6.45, 7) is 5.35. The van der Waals surface area contributed by atoms with Crippen LogP contribution in [0.15, 0.2) is 17.0 Å². The van der Waals surface area contributed by atoms with Crippen LogP contribution < -0.4 is 5.73 Å². The lowest BCUT2D eigenvalue weighted by Crippen LogP contribution is -2.53. The molecule has 128 valence electrons. The van der Waals surface area contributed by atoms with Gasteiger partial charge in [-0.25, -0.2) is 12.8 Å². The molecule has 23 heavy (non-hydrogen) atoms. The molecule has 0 aromatic heterocycles. The maximum atomic E-state index is 13.9. The van der Waals surface area contributed by atoms with Gasteiger partial charge in [0.25, 0.3) is 5.69 Å². The molecule has 1 aliphatic rings. The quantitative estimate of drug-likeness (QED) is 0.664. The Balaban J connectivity index is 2.47. The summed E-state index contributed by atoms with van der Waals surface area (Å²) in [5.74, 6) is -0.911. The zero-order valence-electron chi connectivity index (χ0n) is 13.2. The number of benzene rings is 1. The van der Waals surface area contributed by atoms with E-state index in [0.29, 0.717) is 6.42 Å². The van der Waals surface area contributed by atoms with Crippen molar-refractivity contribution in [1.29, 1.82) is 0 Å². The maximum Gasteiger partial charge on any atom is 0.276 e. The van der Waals surface area contributed by atoms with Crippen molar-refractivity contribution in [3.63, 3.8) is 0 Å². The highest BCUT2D eigenvalue weighted by Crippen LogP contribution is 2.33. The molecule has 7 nitrogen and oxygen atoms in total. The van der Waals surface area contributed by atoms with E-state index in [-0.39, 0.29) is 24.7 Å². The van der Waals surface area contributed by atoms with Crippen LogP contribution in [0.1, 0.15) is 25.8 Å². The van der Waals surface area contributed by atoms with Crippen LogP contribution in [0.3, 0.4) is 0 Å². The lowest BCUT2D eigenvalue weighted by atomic mass is 9.81. The molecule has 9 heteroatoms. The van der Waals surface area contributed by atoms with Gasteiger partial charge in [-0.2, -0.15) is 4.31 Å². The van der Waals surface area contributed by atoms with E-state index in [0.717, 1.165) is 12.1 Å². The first-order valence-electron chi connectivity index (χ1n) is 7.17. The summed E-state index contributed by atoms with van der Waals surface area (Å²) >= 11 is 0. The van der Waals surface area contributed by atoms with E-state index in [1.54, 1.807) is 0 Å². The van der Waals surface area contributed by atoms with Crippen LogP contribution in [0.2, 0.25) is 0 Å². The largest absolute Gasteiger partial charge is 0.327 e. The van der Waals surface area contributed by atoms with E-state index in [4.69, 9.17) is 5.73 Å². The molecule has 2 N–H and O–H groups in total. The molecule has 1 fully saturated rings. The van der Waals surface area contributed by atoms with E-state index in [2.05, 4.69) is 0 Å². The van der Waals surface area contributed by atoms with Gasteiger partial charge in [-0.15, -0.1) is 0 Å². The molecule has 0 saturated carbocycles. The first kappa shape index (κ1) is 17.8. The van der Waals surface area contributed by atoms with Gasteiger partial charge in [-0.3, -0.25) is 10.1 Å². The van der Waals surface area contributed by atoms with E-state index in [1.165, 1.54) is 11.2 Å². The van der Waals surface area contributed by atoms with Crippen molar-refractivity contribution in [3.8, 4) is 0 Å². The second-order valence-corrected chi connectivity index (χ2v) is 8.47. The Morgan fingerprint density at radius 1 is 1.43 bits per heavy atom. The van der Waals surface area contributed by atoms with Crippen molar-refractivity contribution in [2.45, 2.75) is 38.1 Å². The van der Waals surface area contributed by atoms with Crippen LogP contribution in [-0.2, 0) is 10.0 Å². The van der Waals surface area contributed by atoms with Gasteiger partial charge in [-0.05, 0) is 24.8 Å². The first-order chi connectivity index (χ1) is 10.5. The Hall–Kier alpha value is -1.58. The van der Waals surface area contributed by atoms with Gasteiger partial charge < -0.3 is 5.73 Å². The van der Waals surface area contributed by atoms with Crippen LogP contribution >= 0.6 is 0 Å². The minimum Gasteiger partial charge on any atom is -0.327 e. The van der Waals surface area contributed by atoms with E-state index >= 15 is 0 Å². The number of nitrogens with zero attached hydrogens (tertiary/aromatic N) is 2. The molecular weight excluding hydrogens is 325 g/mol. The van der Waals surface area contributed by atoms with Crippen LogP contribution in [-0.4, -0.2) is 36.8 Å². The number of nitrogens with two attached hydrogens (primary N) is 1. The maximum absolute atomic E-state index is 13.9. The number of hydrogen-bond donors (Lipinski definition) is 1. The third-order valence-electron chi connectivity index (χ3n) is 4.40. The smallest absolute Gasteiger partial charge is 0.276 e. The monoisotopic (exact) mass is 345 g/mol. The van der Waals surface area contributed by atoms with Crippen molar-refractivity contribution in [3.05, 3.63) is 33.6 Å². The minimum atomic E-state index is -4.02. The van der Waals surface area contributed by atoms with Crippen LogP contribution in [0.25, 0.3) is 0 Å². The number of piperidine rings is 1. The van der Waals surface area contributed by atoms with Gasteiger partial charge in [0.2, 0.25) is 10.0 Å². The molecular formula is C14H20FN3O4S. The molecule has 1 atom stereocenters. The minimum absolute atomic E-state index is 0.141. The highest BCUT2D eigenvalue weighted by atomic mass is 32.2. The summed E-state index contributed by atoms with van der Waals surface area (Å²) in [5, 5.41) is 11.0. The second kappa shape index (κ2) is 5.81. The molecule has 1 aromatic carbocycles. The van der Waals surface area contributed by atoms with Crippen molar-refractivity contribution >= 4 is 15.7 Å². The first-order valence-corrected chi connectivity index (χ1v) is 8.61. The van der Waals surface area contributed by atoms with Gasteiger partial charge in [0.1, 0.15) is 5.82 Å². The van der Waals surface area contributed by atoms with Gasteiger partial charge in [-0.1, -0.05) is 13.8 Å². The Labute approximate surface area is 134 Å². The summed E-state index contributed by atoms with van der Waals surface area (Å²) in [7, 11) is -4.02. The van der Waals surface area contributed by atoms with Gasteiger partial charge >= 0.3 is 0 Å². The predicted molar refractivity (Wildman–Crippen MR) is 82.9 cm³/mol. The second-order valence-electron chi connectivity index (χ2n) is 6.53. The SMILES string of the molecule is Cc1c(F)cc(S(=O)(=O)N2CCC(N)C(C)(C)C2)cc1[N+](=O)[O-]. The number of rotatable bonds is 3. The number of sulfonamides is 1. The van der Waals surface area contributed by atoms with Gasteiger partial charge in [0.15, 0.2) is 0 Å². The van der Waals surface area contributed by atoms with Gasteiger partial charge in [0, 0.05) is 25.2 Å². The molecule has 1 saturated heterocycles. The summed E-state index contributed by atoms with van der Waals surface area (Å²) in [5.41, 5.74) is 4.83.